The molecule has 1 rings (SSSR count). The van der Waals surface area contributed by atoms with E-state index in [1.165, 1.54) is 0 Å². The van der Waals surface area contributed by atoms with Gasteiger partial charge in [0.05, 0.1) is 0 Å². The molecule has 1 atom stereocenters. The van der Waals surface area contributed by atoms with Gasteiger partial charge in [0.1, 0.15) is 0 Å². The standard InChI is InChI=1S/C7H8O2S.K/c1-6-4-2-3-5-7(6)10(8)9;/h2-5H,1H3,(H,8,9);/q;+1/p-1. The van der Waals surface area contributed by atoms with Gasteiger partial charge in [0, 0.05) is 4.90 Å². The van der Waals surface area contributed by atoms with Gasteiger partial charge in [-0.25, -0.2) is 0 Å². The van der Waals surface area contributed by atoms with Crippen LogP contribution >= 0.6 is 0 Å². The van der Waals surface area contributed by atoms with E-state index < -0.39 is 11.1 Å². The predicted octanol–water partition coefficient (Wildman–Crippen LogP) is -1.76. The second-order valence-electron chi connectivity index (χ2n) is 2.00. The van der Waals surface area contributed by atoms with E-state index in [0.29, 0.717) is 4.90 Å². The van der Waals surface area contributed by atoms with E-state index in [-0.39, 0.29) is 51.4 Å². The fourth-order valence-corrected chi connectivity index (χ4v) is 1.26. The molecule has 1 aromatic carbocycles. The molecule has 54 valence electrons. The molecule has 0 N–H and O–H groups in total. The van der Waals surface area contributed by atoms with Crippen molar-refractivity contribution in [1.29, 1.82) is 0 Å². The van der Waals surface area contributed by atoms with Crippen LogP contribution < -0.4 is 51.4 Å². The Balaban J connectivity index is 0.000001000. The van der Waals surface area contributed by atoms with Crippen molar-refractivity contribution in [2.24, 2.45) is 0 Å². The molecule has 2 nitrogen and oxygen atoms in total. The van der Waals surface area contributed by atoms with Crippen LogP contribution in [0.2, 0.25) is 0 Å². The van der Waals surface area contributed by atoms with Gasteiger partial charge in [-0.05, 0) is 29.6 Å². The molecule has 0 heterocycles. The normalized spacial score (nSPS) is 11.8. The fraction of sp³-hybridized carbons (Fsp3) is 0.143. The molecule has 1 aromatic rings. The third-order valence-electron chi connectivity index (χ3n) is 1.27. The van der Waals surface area contributed by atoms with E-state index >= 15 is 0 Å². The maximum Gasteiger partial charge on any atom is 1.00 e. The van der Waals surface area contributed by atoms with Crippen molar-refractivity contribution >= 4 is 11.1 Å². The number of benzene rings is 1. The Kier molecular flexibility index (Phi) is 6.07. The number of rotatable bonds is 1. The minimum atomic E-state index is -2.09. The molecular weight excluding hydrogens is 187 g/mol. The first-order chi connectivity index (χ1) is 4.72. The Morgan fingerprint density at radius 2 is 1.91 bits per heavy atom. The molecule has 1 unspecified atom stereocenters. The fourth-order valence-electron chi connectivity index (χ4n) is 0.743. The van der Waals surface area contributed by atoms with Crippen molar-refractivity contribution in [3.05, 3.63) is 29.8 Å². The molecule has 0 aromatic heterocycles. The molecule has 0 aliphatic carbocycles. The molecule has 4 heteroatoms. The topological polar surface area (TPSA) is 40.1 Å². The van der Waals surface area contributed by atoms with E-state index in [1.807, 2.05) is 6.07 Å². The molecule has 0 aliphatic rings. The second kappa shape index (κ2) is 5.58. The summed E-state index contributed by atoms with van der Waals surface area (Å²) in [6.45, 7) is 1.77. The molecule has 0 bridgehead atoms. The van der Waals surface area contributed by atoms with Gasteiger partial charge in [-0.3, -0.25) is 4.21 Å². The van der Waals surface area contributed by atoms with Crippen LogP contribution in [-0.2, 0) is 11.1 Å². The molecule has 11 heavy (non-hydrogen) atoms. The van der Waals surface area contributed by atoms with Gasteiger partial charge >= 0.3 is 51.4 Å². The number of hydrogen-bond donors (Lipinski definition) is 0. The summed E-state index contributed by atoms with van der Waals surface area (Å²) >= 11 is -2.09. The Bertz CT molecular complexity index is 262. The average molecular weight is 194 g/mol. The van der Waals surface area contributed by atoms with Crippen molar-refractivity contribution in [2.45, 2.75) is 11.8 Å². The summed E-state index contributed by atoms with van der Waals surface area (Å²) in [5.41, 5.74) is 0.788. The zero-order valence-corrected chi connectivity index (χ0v) is 10.5. The largest absolute Gasteiger partial charge is 1.00 e. The summed E-state index contributed by atoms with van der Waals surface area (Å²) in [4.78, 5) is 0.377. The summed E-state index contributed by atoms with van der Waals surface area (Å²) in [6.07, 6.45) is 0. The molecule has 0 fully saturated rings. The summed E-state index contributed by atoms with van der Waals surface area (Å²) < 4.78 is 20.8. The number of aryl methyl sites for hydroxylation is 1. The van der Waals surface area contributed by atoms with Crippen LogP contribution in [0.3, 0.4) is 0 Å². The predicted molar refractivity (Wildman–Crippen MR) is 38.4 cm³/mol. The van der Waals surface area contributed by atoms with Crippen LogP contribution in [0.4, 0.5) is 0 Å². The van der Waals surface area contributed by atoms with E-state index in [2.05, 4.69) is 0 Å². The van der Waals surface area contributed by atoms with Gasteiger partial charge in [-0.2, -0.15) is 0 Å². The zero-order chi connectivity index (χ0) is 7.56. The van der Waals surface area contributed by atoms with Crippen molar-refractivity contribution in [2.75, 3.05) is 0 Å². The van der Waals surface area contributed by atoms with Gasteiger partial charge in [0.15, 0.2) is 0 Å². The van der Waals surface area contributed by atoms with Gasteiger partial charge in [0.25, 0.3) is 0 Å². The first-order valence-corrected chi connectivity index (χ1v) is 3.94. The third-order valence-corrected chi connectivity index (χ3v) is 2.09. The van der Waals surface area contributed by atoms with Gasteiger partial charge < -0.3 is 4.55 Å². The quantitative estimate of drug-likeness (QED) is 0.392. The van der Waals surface area contributed by atoms with Gasteiger partial charge in [0.2, 0.25) is 0 Å². The summed E-state index contributed by atoms with van der Waals surface area (Å²) in [6, 6.07) is 6.87. The first-order valence-electron chi connectivity index (χ1n) is 2.86. The van der Waals surface area contributed by atoms with Gasteiger partial charge in [-0.15, -0.1) is 0 Å². The second-order valence-corrected chi connectivity index (χ2v) is 2.91. The number of hydrogen-bond acceptors (Lipinski definition) is 2. The third kappa shape index (κ3) is 3.46. The van der Waals surface area contributed by atoms with E-state index in [1.54, 1.807) is 25.1 Å². The Morgan fingerprint density at radius 3 is 2.27 bits per heavy atom. The molecule has 0 spiro atoms. The van der Waals surface area contributed by atoms with Crippen molar-refractivity contribution in [3.8, 4) is 0 Å². The minimum absolute atomic E-state index is 0. The Morgan fingerprint density at radius 1 is 1.36 bits per heavy atom. The molecule has 0 amide bonds. The van der Waals surface area contributed by atoms with Crippen LogP contribution in [-0.4, -0.2) is 8.76 Å². The molecule has 0 saturated carbocycles. The monoisotopic (exact) mass is 194 g/mol. The molecule has 0 radical (unpaired) electrons. The van der Waals surface area contributed by atoms with Crippen LogP contribution in [0.25, 0.3) is 0 Å². The Hall–Kier alpha value is 0.966. The van der Waals surface area contributed by atoms with Crippen LogP contribution in [0.15, 0.2) is 29.2 Å². The van der Waals surface area contributed by atoms with Crippen LogP contribution in [0.5, 0.6) is 0 Å². The van der Waals surface area contributed by atoms with E-state index in [0.717, 1.165) is 5.56 Å². The van der Waals surface area contributed by atoms with Crippen LogP contribution in [0.1, 0.15) is 5.56 Å². The van der Waals surface area contributed by atoms with Crippen LogP contribution in [0, 0.1) is 6.92 Å². The minimum Gasteiger partial charge on any atom is -0.768 e. The zero-order valence-electron chi connectivity index (χ0n) is 6.53. The SMILES string of the molecule is Cc1ccccc1S(=O)[O-].[K+]. The van der Waals surface area contributed by atoms with E-state index in [4.69, 9.17) is 0 Å². The van der Waals surface area contributed by atoms with Crippen molar-refractivity contribution in [3.63, 3.8) is 0 Å². The molecule has 0 saturated heterocycles. The Labute approximate surface area is 111 Å². The maximum absolute atomic E-state index is 10.4. The smallest absolute Gasteiger partial charge is 0.768 e. The average Bonchev–Trinajstić information content (AvgIpc) is 1.88. The first kappa shape index (κ1) is 12.0. The van der Waals surface area contributed by atoms with Crippen molar-refractivity contribution < 1.29 is 60.1 Å². The van der Waals surface area contributed by atoms with Gasteiger partial charge in [-0.1, -0.05) is 18.2 Å². The molecule has 0 aliphatic heterocycles. The summed E-state index contributed by atoms with van der Waals surface area (Å²) in [5.74, 6) is 0. The molecular formula is C7H7KO2S. The van der Waals surface area contributed by atoms with E-state index in [9.17, 15) is 8.76 Å². The summed E-state index contributed by atoms with van der Waals surface area (Å²) in [5, 5.41) is 0. The van der Waals surface area contributed by atoms with Crippen molar-refractivity contribution in [1.82, 2.24) is 0 Å². The maximum atomic E-state index is 10.4. The summed E-state index contributed by atoms with van der Waals surface area (Å²) in [7, 11) is 0.